The Bertz CT molecular complexity index is 862. The molecule has 7 nitrogen and oxygen atoms in total. The fraction of sp³-hybridized carbons (Fsp3) is 0.316. The molecule has 0 aliphatic carbocycles. The van der Waals surface area contributed by atoms with Crippen LogP contribution in [0.4, 0.5) is 0 Å². The van der Waals surface area contributed by atoms with Crippen LogP contribution in [0.15, 0.2) is 52.3 Å². The topological polar surface area (TPSA) is 98.9 Å². The maximum Gasteiger partial charge on any atom is 0.338 e. The van der Waals surface area contributed by atoms with E-state index in [4.69, 9.17) is 15.2 Å². The third kappa shape index (κ3) is 3.10. The summed E-state index contributed by atoms with van der Waals surface area (Å²) in [6.07, 6.45) is 0. The number of amides is 1. The summed E-state index contributed by atoms with van der Waals surface area (Å²) < 4.78 is 10.2. The minimum absolute atomic E-state index is 0.0133. The number of carbonyl (C=O) groups is 3. The van der Waals surface area contributed by atoms with Gasteiger partial charge in [0.15, 0.2) is 0 Å². The lowest BCUT2D eigenvalue weighted by molar-refractivity contribution is -0.139. The molecule has 0 saturated carbocycles. The number of benzene rings is 1. The SMILES string of the molecule is CCOC(=O)C1=C2S[C@@H](C)C(=O)N2C(N)=C(C(=O)OC)[C@H]1c1ccccc1. The summed E-state index contributed by atoms with van der Waals surface area (Å²) in [5.74, 6) is -2.37. The fourth-order valence-electron chi connectivity index (χ4n) is 3.23. The molecule has 8 heteroatoms. The predicted molar refractivity (Wildman–Crippen MR) is 100.0 cm³/mol. The van der Waals surface area contributed by atoms with Crippen LogP contribution in [0.3, 0.4) is 0 Å². The number of rotatable bonds is 4. The van der Waals surface area contributed by atoms with Gasteiger partial charge in [-0.1, -0.05) is 42.1 Å². The Morgan fingerprint density at radius 2 is 1.85 bits per heavy atom. The zero-order chi connectivity index (χ0) is 19.7. The fourth-order valence-corrected chi connectivity index (χ4v) is 4.39. The maximum atomic E-state index is 12.9. The van der Waals surface area contributed by atoms with E-state index >= 15 is 0 Å². The minimum Gasteiger partial charge on any atom is -0.466 e. The zero-order valence-corrected chi connectivity index (χ0v) is 16.0. The second kappa shape index (κ2) is 7.48. The van der Waals surface area contributed by atoms with Crippen LogP contribution in [-0.2, 0) is 23.9 Å². The van der Waals surface area contributed by atoms with Crippen LogP contribution in [-0.4, -0.2) is 41.7 Å². The molecule has 0 spiro atoms. The number of thioether (sulfide) groups is 1. The molecule has 2 aliphatic heterocycles. The van der Waals surface area contributed by atoms with Crippen molar-refractivity contribution in [1.29, 1.82) is 0 Å². The molecule has 1 amide bonds. The first-order valence-electron chi connectivity index (χ1n) is 8.47. The van der Waals surface area contributed by atoms with Gasteiger partial charge in [0.2, 0.25) is 5.91 Å². The van der Waals surface area contributed by atoms with E-state index in [-0.39, 0.29) is 29.5 Å². The lowest BCUT2D eigenvalue weighted by Gasteiger charge is -2.33. The maximum absolute atomic E-state index is 12.9. The molecule has 0 unspecified atom stereocenters. The van der Waals surface area contributed by atoms with Crippen LogP contribution in [0, 0.1) is 0 Å². The third-order valence-electron chi connectivity index (χ3n) is 4.42. The van der Waals surface area contributed by atoms with Crippen molar-refractivity contribution in [2.45, 2.75) is 25.0 Å². The van der Waals surface area contributed by atoms with E-state index in [0.29, 0.717) is 10.6 Å². The van der Waals surface area contributed by atoms with E-state index in [1.807, 2.05) is 6.07 Å². The lowest BCUT2D eigenvalue weighted by atomic mass is 9.82. The molecule has 2 N–H and O–H groups in total. The van der Waals surface area contributed by atoms with Crippen molar-refractivity contribution in [2.24, 2.45) is 5.73 Å². The van der Waals surface area contributed by atoms with Crippen LogP contribution >= 0.6 is 11.8 Å². The molecule has 0 bridgehead atoms. The number of nitrogens with two attached hydrogens (primary N) is 1. The Morgan fingerprint density at radius 1 is 1.19 bits per heavy atom. The Kier molecular flexibility index (Phi) is 5.27. The summed E-state index contributed by atoms with van der Waals surface area (Å²) in [6, 6.07) is 9.02. The first-order chi connectivity index (χ1) is 12.9. The zero-order valence-electron chi connectivity index (χ0n) is 15.2. The Balaban J connectivity index is 2.30. The summed E-state index contributed by atoms with van der Waals surface area (Å²) in [6.45, 7) is 3.59. The van der Waals surface area contributed by atoms with Gasteiger partial charge in [-0.15, -0.1) is 0 Å². The van der Waals surface area contributed by atoms with Gasteiger partial charge >= 0.3 is 11.9 Å². The van der Waals surface area contributed by atoms with Gasteiger partial charge in [-0.25, -0.2) is 9.59 Å². The van der Waals surface area contributed by atoms with Crippen molar-refractivity contribution in [3.05, 3.63) is 57.9 Å². The van der Waals surface area contributed by atoms with Crippen molar-refractivity contribution < 1.29 is 23.9 Å². The molecule has 3 rings (SSSR count). The average Bonchev–Trinajstić information content (AvgIpc) is 2.96. The standard InChI is InChI=1S/C19H20N2O5S/c1-4-26-19(24)14-12(11-8-6-5-7-9-11)13(18(23)25-3)15(20)21-16(22)10(2)27-17(14)21/h5-10,12H,4,20H2,1-3H3/t10-,12+/m0/s1. The summed E-state index contributed by atoms with van der Waals surface area (Å²) in [5, 5.41) is -0.0265. The predicted octanol–water partition coefficient (Wildman–Crippen LogP) is 1.87. The third-order valence-corrected chi connectivity index (χ3v) is 5.60. The first-order valence-corrected chi connectivity index (χ1v) is 9.35. The molecule has 142 valence electrons. The highest BCUT2D eigenvalue weighted by atomic mass is 32.2. The summed E-state index contributed by atoms with van der Waals surface area (Å²) in [4.78, 5) is 39.3. The number of hydrogen-bond acceptors (Lipinski definition) is 7. The highest BCUT2D eigenvalue weighted by molar-refractivity contribution is 8.04. The van der Waals surface area contributed by atoms with Crippen LogP contribution in [0.2, 0.25) is 0 Å². The Hall–Kier alpha value is -2.74. The molecule has 2 heterocycles. The molecule has 1 aromatic carbocycles. The molecular weight excluding hydrogens is 368 g/mol. The highest BCUT2D eigenvalue weighted by Gasteiger charge is 2.48. The van der Waals surface area contributed by atoms with E-state index in [1.165, 1.54) is 23.8 Å². The molecule has 27 heavy (non-hydrogen) atoms. The van der Waals surface area contributed by atoms with E-state index in [1.54, 1.807) is 38.1 Å². The highest BCUT2D eigenvalue weighted by Crippen LogP contribution is 2.49. The van der Waals surface area contributed by atoms with Crippen LogP contribution in [0.25, 0.3) is 0 Å². The van der Waals surface area contributed by atoms with Gasteiger partial charge in [0.1, 0.15) is 5.82 Å². The quantitative estimate of drug-likeness (QED) is 0.786. The van der Waals surface area contributed by atoms with Crippen LogP contribution in [0.5, 0.6) is 0 Å². The molecular formula is C19H20N2O5S. The normalized spacial score (nSPS) is 22.0. The number of esters is 2. The smallest absolute Gasteiger partial charge is 0.338 e. The van der Waals surface area contributed by atoms with Gasteiger partial charge < -0.3 is 15.2 Å². The molecule has 1 aromatic rings. The van der Waals surface area contributed by atoms with Gasteiger partial charge in [0.25, 0.3) is 0 Å². The summed E-state index contributed by atoms with van der Waals surface area (Å²) in [7, 11) is 1.23. The van der Waals surface area contributed by atoms with Gasteiger partial charge in [0, 0.05) is 0 Å². The van der Waals surface area contributed by atoms with E-state index in [2.05, 4.69) is 0 Å². The number of hydrogen-bond donors (Lipinski definition) is 1. The molecule has 0 aromatic heterocycles. The van der Waals surface area contributed by atoms with E-state index in [0.717, 1.165) is 0 Å². The monoisotopic (exact) mass is 388 g/mol. The molecule has 0 radical (unpaired) electrons. The van der Waals surface area contributed by atoms with Crippen LogP contribution < -0.4 is 5.73 Å². The van der Waals surface area contributed by atoms with Crippen molar-refractivity contribution in [3.8, 4) is 0 Å². The average molecular weight is 388 g/mol. The lowest BCUT2D eigenvalue weighted by Crippen LogP contribution is -2.40. The Labute approximate surface area is 161 Å². The van der Waals surface area contributed by atoms with Gasteiger partial charge in [-0.3, -0.25) is 9.69 Å². The van der Waals surface area contributed by atoms with E-state index < -0.39 is 23.1 Å². The van der Waals surface area contributed by atoms with E-state index in [9.17, 15) is 14.4 Å². The largest absolute Gasteiger partial charge is 0.466 e. The molecule has 1 saturated heterocycles. The minimum atomic E-state index is -0.783. The second-order valence-corrected chi connectivity index (χ2v) is 7.34. The number of carbonyl (C=O) groups excluding carboxylic acids is 3. The summed E-state index contributed by atoms with van der Waals surface area (Å²) in [5.41, 5.74) is 7.20. The first kappa shape index (κ1) is 19.0. The van der Waals surface area contributed by atoms with Crippen molar-refractivity contribution >= 4 is 29.6 Å². The Morgan fingerprint density at radius 3 is 2.44 bits per heavy atom. The molecule has 1 fully saturated rings. The van der Waals surface area contributed by atoms with Crippen molar-refractivity contribution in [3.63, 3.8) is 0 Å². The van der Waals surface area contributed by atoms with Crippen LogP contribution in [0.1, 0.15) is 25.3 Å². The van der Waals surface area contributed by atoms with Crippen molar-refractivity contribution in [1.82, 2.24) is 4.90 Å². The van der Waals surface area contributed by atoms with Gasteiger partial charge in [-0.05, 0) is 19.4 Å². The second-order valence-electron chi connectivity index (χ2n) is 6.01. The molecule has 2 aliphatic rings. The van der Waals surface area contributed by atoms with Gasteiger partial charge in [-0.2, -0.15) is 0 Å². The number of nitrogens with zero attached hydrogens (tertiary/aromatic N) is 1. The van der Waals surface area contributed by atoms with Crippen molar-refractivity contribution in [2.75, 3.05) is 13.7 Å². The summed E-state index contributed by atoms with van der Waals surface area (Å²) >= 11 is 1.23. The van der Waals surface area contributed by atoms with Gasteiger partial charge in [0.05, 0.1) is 41.1 Å². The molecule has 2 atom stereocenters. The number of ether oxygens (including phenoxy) is 2. The number of fused-ring (bicyclic) bond motifs is 1. The number of methoxy groups -OCH3 is 1.